The van der Waals surface area contributed by atoms with Crippen LogP contribution in [0.25, 0.3) is 0 Å². The fourth-order valence-corrected chi connectivity index (χ4v) is 1.88. The van der Waals surface area contributed by atoms with E-state index in [2.05, 4.69) is 5.32 Å². The van der Waals surface area contributed by atoms with Gasteiger partial charge in [0.2, 0.25) is 0 Å². The smallest absolute Gasteiger partial charge is 0.0595 e. The highest BCUT2D eigenvalue weighted by molar-refractivity contribution is 6.42. The molecule has 1 aromatic carbocycles. The van der Waals surface area contributed by atoms with Gasteiger partial charge in [-0.3, -0.25) is 0 Å². The summed E-state index contributed by atoms with van der Waals surface area (Å²) in [6, 6.07) is 5.73. The minimum Gasteiger partial charge on any atom is -0.385 e. The Hall–Kier alpha value is -0.280. The van der Waals surface area contributed by atoms with Gasteiger partial charge in [-0.25, -0.2) is 0 Å². The Labute approximate surface area is 113 Å². The predicted molar refractivity (Wildman–Crippen MR) is 73.9 cm³/mol. The molecule has 0 bridgehead atoms. The molecule has 1 N–H and O–H groups in total. The van der Waals surface area contributed by atoms with Crippen molar-refractivity contribution in [2.24, 2.45) is 0 Å². The zero-order valence-electron chi connectivity index (χ0n) is 10.1. The maximum Gasteiger partial charge on any atom is 0.0595 e. The average Bonchev–Trinajstić information content (AvgIpc) is 2.32. The first-order valence-corrected chi connectivity index (χ1v) is 6.63. The van der Waals surface area contributed by atoms with E-state index in [-0.39, 0.29) is 0 Å². The van der Waals surface area contributed by atoms with E-state index >= 15 is 0 Å². The van der Waals surface area contributed by atoms with Gasteiger partial charge in [-0.15, -0.1) is 0 Å². The molecule has 0 aliphatic carbocycles. The largest absolute Gasteiger partial charge is 0.385 e. The summed E-state index contributed by atoms with van der Waals surface area (Å²) >= 11 is 11.8. The van der Waals surface area contributed by atoms with Crippen molar-refractivity contribution in [3.63, 3.8) is 0 Å². The van der Waals surface area contributed by atoms with Crippen LogP contribution in [0.5, 0.6) is 0 Å². The van der Waals surface area contributed by atoms with Crippen LogP contribution < -0.4 is 5.32 Å². The molecular formula is C13H19Cl2NO. The number of benzene rings is 1. The van der Waals surface area contributed by atoms with Crippen molar-refractivity contribution in [1.82, 2.24) is 5.32 Å². The molecule has 0 aliphatic rings. The lowest BCUT2D eigenvalue weighted by Gasteiger charge is -2.06. The number of unbranched alkanes of at least 4 members (excludes halogenated alkanes) is 2. The average molecular weight is 276 g/mol. The monoisotopic (exact) mass is 275 g/mol. The molecule has 0 heterocycles. The summed E-state index contributed by atoms with van der Waals surface area (Å²) in [5.74, 6) is 0. The van der Waals surface area contributed by atoms with E-state index < -0.39 is 0 Å². The summed E-state index contributed by atoms with van der Waals surface area (Å²) in [7, 11) is 1.74. The first-order valence-electron chi connectivity index (χ1n) is 5.87. The summed E-state index contributed by atoms with van der Waals surface area (Å²) < 4.78 is 4.99. The van der Waals surface area contributed by atoms with Crippen LogP contribution >= 0.6 is 23.2 Å². The highest BCUT2D eigenvalue weighted by Gasteiger charge is 1.98. The Kier molecular flexibility index (Phi) is 7.62. The van der Waals surface area contributed by atoms with Gasteiger partial charge in [-0.2, -0.15) is 0 Å². The lowest BCUT2D eigenvalue weighted by molar-refractivity contribution is 0.192. The van der Waals surface area contributed by atoms with Crippen molar-refractivity contribution in [2.45, 2.75) is 25.8 Å². The summed E-state index contributed by atoms with van der Waals surface area (Å²) in [5, 5.41) is 4.61. The van der Waals surface area contributed by atoms with E-state index in [1.165, 1.54) is 12.8 Å². The third kappa shape index (κ3) is 6.27. The van der Waals surface area contributed by atoms with E-state index in [0.717, 1.165) is 31.7 Å². The number of methoxy groups -OCH3 is 1. The van der Waals surface area contributed by atoms with E-state index in [0.29, 0.717) is 10.0 Å². The fraction of sp³-hybridized carbons (Fsp3) is 0.538. The number of hydrogen-bond acceptors (Lipinski definition) is 2. The van der Waals surface area contributed by atoms with Crippen LogP contribution in [0.15, 0.2) is 18.2 Å². The number of rotatable bonds is 8. The predicted octanol–water partition coefficient (Wildman–Crippen LogP) is 3.90. The Morgan fingerprint density at radius 3 is 2.65 bits per heavy atom. The Morgan fingerprint density at radius 1 is 1.12 bits per heavy atom. The number of hydrogen-bond donors (Lipinski definition) is 1. The molecule has 0 spiro atoms. The van der Waals surface area contributed by atoms with Gasteiger partial charge in [0.1, 0.15) is 0 Å². The molecule has 0 radical (unpaired) electrons. The minimum atomic E-state index is 0.606. The zero-order chi connectivity index (χ0) is 12.5. The molecule has 1 rings (SSSR count). The van der Waals surface area contributed by atoms with Crippen LogP contribution in [0.2, 0.25) is 10.0 Å². The summed E-state index contributed by atoms with van der Waals surface area (Å²) in [4.78, 5) is 0. The molecule has 0 unspecified atom stereocenters. The van der Waals surface area contributed by atoms with Gasteiger partial charge in [0.05, 0.1) is 10.0 Å². The SMILES string of the molecule is COCCCCCNCc1ccc(Cl)c(Cl)c1. The second-order valence-corrected chi connectivity index (χ2v) is 4.79. The molecule has 1 aromatic rings. The third-order valence-corrected chi connectivity index (χ3v) is 3.25. The maximum atomic E-state index is 5.94. The molecule has 17 heavy (non-hydrogen) atoms. The second kappa shape index (κ2) is 8.76. The summed E-state index contributed by atoms with van der Waals surface area (Å²) in [6.45, 7) is 2.71. The van der Waals surface area contributed by atoms with Gasteiger partial charge in [-0.05, 0) is 43.5 Å². The molecule has 96 valence electrons. The minimum absolute atomic E-state index is 0.606. The quantitative estimate of drug-likeness (QED) is 0.727. The Morgan fingerprint density at radius 2 is 1.94 bits per heavy atom. The Balaban J connectivity index is 2.11. The molecule has 0 atom stereocenters. The van der Waals surface area contributed by atoms with Crippen LogP contribution in [0, 0.1) is 0 Å². The molecular weight excluding hydrogens is 257 g/mol. The van der Waals surface area contributed by atoms with Gasteiger partial charge in [0, 0.05) is 20.3 Å². The van der Waals surface area contributed by atoms with Gasteiger partial charge in [0.25, 0.3) is 0 Å². The molecule has 0 aliphatic heterocycles. The van der Waals surface area contributed by atoms with E-state index in [1.54, 1.807) is 7.11 Å². The van der Waals surface area contributed by atoms with Crippen molar-refractivity contribution in [1.29, 1.82) is 0 Å². The number of halogens is 2. The molecule has 2 nitrogen and oxygen atoms in total. The number of nitrogens with one attached hydrogen (secondary N) is 1. The van der Waals surface area contributed by atoms with E-state index in [9.17, 15) is 0 Å². The standard InChI is InChI=1S/C13H19Cl2NO/c1-17-8-4-2-3-7-16-10-11-5-6-12(14)13(15)9-11/h5-6,9,16H,2-4,7-8,10H2,1H3. The van der Waals surface area contributed by atoms with E-state index in [4.69, 9.17) is 27.9 Å². The van der Waals surface area contributed by atoms with Crippen LogP contribution in [-0.4, -0.2) is 20.3 Å². The lowest BCUT2D eigenvalue weighted by Crippen LogP contribution is -2.14. The molecule has 0 saturated heterocycles. The maximum absolute atomic E-state index is 5.94. The summed E-state index contributed by atoms with van der Waals surface area (Å²) in [5.41, 5.74) is 1.16. The molecule has 0 saturated carbocycles. The van der Waals surface area contributed by atoms with Crippen LogP contribution in [0.3, 0.4) is 0 Å². The first-order chi connectivity index (χ1) is 8.24. The van der Waals surface area contributed by atoms with Crippen molar-refractivity contribution < 1.29 is 4.74 Å². The zero-order valence-corrected chi connectivity index (χ0v) is 11.7. The van der Waals surface area contributed by atoms with Crippen molar-refractivity contribution in [2.75, 3.05) is 20.3 Å². The van der Waals surface area contributed by atoms with Crippen LogP contribution in [-0.2, 0) is 11.3 Å². The highest BCUT2D eigenvalue weighted by Crippen LogP contribution is 2.22. The molecule has 4 heteroatoms. The lowest BCUT2D eigenvalue weighted by atomic mass is 10.2. The normalized spacial score (nSPS) is 10.8. The van der Waals surface area contributed by atoms with Crippen molar-refractivity contribution in [3.8, 4) is 0 Å². The molecule has 0 amide bonds. The Bertz CT molecular complexity index is 331. The third-order valence-electron chi connectivity index (χ3n) is 2.52. The molecule has 0 aromatic heterocycles. The summed E-state index contributed by atoms with van der Waals surface area (Å²) in [6.07, 6.45) is 3.50. The second-order valence-electron chi connectivity index (χ2n) is 3.98. The van der Waals surface area contributed by atoms with Crippen LogP contribution in [0.1, 0.15) is 24.8 Å². The van der Waals surface area contributed by atoms with Crippen LogP contribution in [0.4, 0.5) is 0 Å². The van der Waals surface area contributed by atoms with Gasteiger partial charge in [0.15, 0.2) is 0 Å². The first kappa shape index (κ1) is 14.8. The van der Waals surface area contributed by atoms with Gasteiger partial charge >= 0.3 is 0 Å². The number of ether oxygens (including phenoxy) is 1. The topological polar surface area (TPSA) is 21.3 Å². The van der Waals surface area contributed by atoms with Crippen molar-refractivity contribution in [3.05, 3.63) is 33.8 Å². The fourth-order valence-electron chi connectivity index (χ4n) is 1.56. The molecule has 0 fully saturated rings. The van der Waals surface area contributed by atoms with Gasteiger partial charge in [-0.1, -0.05) is 29.3 Å². The highest BCUT2D eigenvalue weighted by atomic mass is 35.5. The van der Waals surface area contributed by atoms with E-state index in [1.807, 2.05) is 18.2 Å². The van der Waals surface area contributed by atoms with Crippen molar-refractivity contribution >= 4 is 23.2 Å². The van der Waals surface area contributed by atoms with Gasteiger partial charge < -0.3 is 10.1 Å².